The molecule has 2 aromatic carbocycles. The van der Waals surface area contributed by atoms with Crippen molar-refractivity contribution in [3.63, 3.8) is 0 Å². The predicted molar refractivity (Wildman–Crippen MR) is 90.0 cm³/mol. The number of aryl methyl sites for hydroxylation is 1. The van der Waals surface area contributed by atoms with Crippen molar-refractivity contribution in [3.05, 3.63) is 65.7 Å². The van der Waals surface area contributed by atoms with Crippen molar-refractivity contribution in [2.24, 2.45) is 0 Å². The van der Waals surface area contributed by atoms with Crippen LogP contribution in [0.3, 0.4) is 0 Å². The molecule has 0 aliphatic heterocycles. The van der Waals surface area contributed by atoms with Crippen molar-refractivity contribution < 1.29 is 4.79 Å². The van der Waals surface area contributed by atoms with E-state index in [0.717, 1.165) is 11.3 Å². The van der Waals surface area contributed by atoms with Crippen LogP contribution < -0.4 is 0 Å². The van der Waals surface area contributed by atoms with Gasteiger partial charge in [-0.3, -0.25) is 4.79 Å². The van der Waals surface area contributed by atoms with Crippen molar-refractivity contribution in [2.75, 3.05) is 0 Å². The van der Waals surface area contributed by atoms with E-state index in [9.17, 15) is 4.79 Å². The van der Waals surface area contributed by atoms with Gasteiger partial charge in [0.25, 0.3) is 0 Å². The molecule has 1 heterocycles. The van der Waals surface area contributed by atoms with Gasteiger partial charge in [-0.2, -0.15) is 4.68 Å². The number of thioether (sulfide) groups is 1. The summed E-state index contributed by atoms with van der Waals surface area (Å²) in [6.07, 6.45) is 0. The smallest absolute Gasteiger partial charge is 0.214 e. The van der Waals surface area contributed by atoms with E-state index in [4.69, 9.17) is 0 Å². The molecule has 0 aliphatic carbocycles. The zero-order valence-electron chi connectivity index (χ0n) is 12.9. The van der Waals surface area contributed by atoms with Gasteiger partial charge in [-0.05, 0) is 36.4 Å². The Kier molecular flexibility index (Phi) is 4.52. The number of carbonyl (C=O) groups excluding carboxylic acids is 1. The molecule has 0 unspecified atom stereocenters. The molecule has 0 fully saturated rings. The van der Waals surface area contributed by atoms with Crippen LogP contribution >= 0.6 is 11.8 Å². The second kappa shape index (κ2) is 6.75. The van der Waals surface area contributed by atoms with E-state index in [1.54, 1.807) is 4.68 Å². The molecular weight excluding hydrogens is 308 g/mol. The monoisotopic (exact) mass is 324 g/mol. The highest BCUT2D eigenvalue weighted by atomic mass is 32.2. The fourth-order valence-electron chi connectivity index (χ4n) is 2.15. The Morgan fingerprint density at radius 2 is 1.78 bits per heavy atom. The summed E-state index contributed by atoms with van der Waals surface area (Å²) in [5, 5.41) is 12.1. The number of ketones is 1. The second-order valence-corrected chi connectivity index (χ2v) is 6.51. The molecule has 116 valence electrons. The number of para-hydroxylation sites is 1. The molecule has 0 spiro atoms. The molecule has 0 saturated carbocycles. The Balaban J connectivity index is 1.79. The van der Waals surface area contributed by atoms with Crippen LogP contribution in [0.4, 0.5) is 0 Å². The average Bonchev–Trinajstić information content (AvgIpc) is 3.04. The standard InChI is InChI=1S/C17H16N4OS/c1-12-8-10-14(11-9-12)16(22)13(2)23-17-18-19-20-21(17)15-6-4-3-5-7-15/h3-11,13H,1-2H3/t13-/m0/s1. The topological polar surface area (TPSA) is 60.7 Å². The van der Waals surface area contributed by atoms with Gasteiger partial charge in [0.15, 0.2) is 5.78 Å². The minimum Gasteiger partial charge on any atom is -0.293 e. The van der Waals surface area contributed by atoms with Gasteiger partial charge >= 0.3 is 0 Å². The van der Waals surface area contributed by atoms with Crippen molar-refractivity contribution in [3.8, 4) is 5.69 Å². The summed E-state index contributed by atoms with van der Waals surface area (Å²) in [4.78, 5) is 12.5. The van der Waals surface area contributed by atoms with E-state index in [-0.39, 0.29) is 11.0 Å². The quantitative estimate of drug-likeness (QED) is 0.532. The van der Waals surface area contributed by atoms with E-state index in [1.165, 1.54) is 11.8 Å². The van der Waals surface area contributed by atoms with E-state index in [2.05, 4.69) is 15.5 Å². The minimum atomic E-state index is -0.272. The fourth-order valence-corrected chi connectivity index (χ4v) is 3.03. The normalized spacial score (nSPS) is 12.1. The lowest BCUT2D eigenvalue weighted by Crippen LogP contribution is -2.14. The number of carbonyl (C=O) groups is 1. The van der Waals surface area contributed by atoms with E-state index in [1.807, 2.05) is 68.4 Å². The first-order chi connectivity index (χ1) is 11.1. The number of tetrazole rings is 1. The van der Waals surface area contributed by atoms with Crippen LogP contribution in [0.15, 0.2) is 59.8 Å². The lowest BCUT2D eigenvalue weighted by Gasteiger charge is -2.10. The molecule has 0 bridgehead atoms. The first-order valence-electron chi connectivity index (χ1n) is 7.26. The first-order valence-corrected chi connectivity index (χ1v) is 8.14. The largest absolute Gasteiger partial charge is 0.293 e. The number of aromatic nitrogens is 4. The highest BCUT2D eigenvalue weighted by Crippen LogP contribution is 2.25. The zero-order valence-corrected chi connectivity index (χ0v) is 13.7. The Hall–Kier alpha value is -2.47. The van der Waals surface area contributed by atoms with Crippen LogP contribution in [0.25, 0.3) is 5.69 Å². The number of Topliss-reactive ketones (excluding diaryl/α,β-unsaturated/α-hetero) is 1. The molecule has 1 aromatic heterocycles. The Bertz CT molecular complexity index is 799. The molecule has 5 nitrogen and oxygen atoms in total. The van der Waals surface area contributed by atoms with Crippen molar-refractivity contribution in [1.29, 1.82) is 0 Å². The first kappa shape index (κ1) is 15.4. The van der Waals surface area contributed by atoms with Crippen LogP contribution in [-0.2, 0) is 0 Å². The Labute approximate surface area is 138 Å². The lowest BCUT2D eigenvalue weighted by atomic mass is 10.1. The summed E-state index contributed by atoms with van der Waals surface area (Å²) in [6.45, 7) is 3.87. The summed E-state index contributed by atoms with van der Waals surface area (Å²) in [6, 6.07) is 17.2. The third-order valence-corrected chi connectivity index (χ3v) is 4.46. The number of rotatable bonds is 5. The third-order valence-electron chi connectivity index (χ3n) is 3.43. The molecule has 23 heavy (non-hydrogen) atoms. The summed E-state index contributed by atoms with van der Waals surface area (Å²) in [5.74, 6) is 0.0672. The summed E-state index contributed by atoms with van der Waals surface area (Å²) in [7, 11) is 0. The highest BCUT2D eigenvalue weighted by molar-refractivity contribution is 8.00. The molecular formula is C17H16N4OS. The highest BCUT2D eigenvalue weighted by Gasteiger charge is 2.20. The summed E-state index contributed by atoms with van der Waals surface area (Å²) in [5.41, 5.74) is 2.71. The van der Waals surface area contributed by atoms with Crippen LogP contribution in [0.2, 0.25) is 0 Å². The molecule has 3 aromatic rings. The number of hydrogen-bond acceptors (Lipinski definition) is 5. The van der Waals surface area contributed by atoms with Gasteiger partial charge < -0.3 is 0 Å². The second-order valence-electron chi connectivity index (χ2n) is 5.20. The van der Waals surface area contributed by atoms with Gasteiger partial charge in [0.2, 0.25) is 5.16 Å². The maximum absolute atomic E-state index is 12.5. The van der Waals surface area contributed by atoms with Gasteiger partial charge in [-0.25, -0.2) is 0 Å². The third kappa shape index (κ3) is 3.48. The molecule has 0 saturated heterocycles. The molecule has 1 atom stereocenters. The van der Waals surface area contributed by atoms with Gasteiger partial charge in [0.05, 0.1) is 10.9 Å². The van der Waals surface area contributed by atoms with Crippen LogP contribution in [0, 0.1) is 6.92 Å². The average molecular weight is 324 g/mol. The predicted octanol–water partition coefficient (Wildman–Crippen LogP) is 3.33. The van der Waals surface area contributed by atoms with E-state index < -0.39 is 0 Å². The minimum absolute atomic E-state index is 0.0672. The van der Waals surface area contributed by atoms with E-state index in [0.29, 0.717) is 10.7 Å². The molecule has 0 amide bonds. The van der Waals surface area contributed by atoms with Crippen LogP contribution in [0.1, 0.15) is 22.8 Å². The van der Waals surface area contributed by atoms with Crippen LogP contribution in [0.5, 0.6) is 0 Å². The van der Waals surface area contributed by atoms with Crippen molar-refractivity contribution in [2.45, 2.75) is 24.3 Å². The molecule has 3 rings (SSSR count). The summed E-state index contributed by atoms with van der Waals surface area (Å²) >= 11 is 1.36. The maximum Gasteiger partial charge on any atom is 0.214 e. The van der Waals surface area contributed by atoms with Crippen molar-refractivity contribution in [1.82, 2.24) is 20.2 Å². The maximum atomic E-state index is 12.5. The molecule has 0 aliphatic rings. The Morgan fingerprint density at radius 1 is 1.09 bits per heavy atom. The zero-order chi connectivity index (χ0) is 16.2. The Morgan fingerprint density at radius 3 is 2.48 bits per heavy atom. The van der Waals surface area contributed by atoms with Gasteiger partial charge in [0, 0.05) is 5.56 Å². The number of hydrogen-bond donors (Lipinski definition) is 0. The number of nitrogens with zero attached hydrogens (tertiary/aromatic N) is 4. The SMILES string of the molecule is Cc1ccc(C(=O)[C@H](C)Sc2nnnn2-c2ccccc2)cc1. The van der Waals surface area contributed by atoms with Gasteiger partial charge in [-0.15, -0.1) is 5.10 Å². The van der Waals surface area contributed by atoms with Crippen LogP contribution in [-0.4, -0.2) is 31.2 Å². The lowest BCUT2D eigenvalue weighted by molar-refractivity contribution is 0.0994. The van der Waals surface area contributed by atoms with E-state index >= 15 is 0 Å². The van der Waals surface area contributed by atoms with Gasteiger partial charge in [0.1, 0.15) is 0 Å². The van der Waals surface area contributed by atoms with Gasteiger partial charge in [-0.1, -0.05) is 59.8 Å². The van der Waals surface area contributed by atoms with Crippen molar-refractivity contribution >= 4 is 17.5 Å². The molecule has 0 radical (unpaired) electrons. The molecule has 0 N–H and O–H groups in total. The molecule has 6 heteroatoms. The summed E-state index contributed by atoms with van der Waals surface area (Å²) < 4.78 is 1.64. The number of benzene rings is 2. The fraction of sp³-hybridized carbons (Fsp3) is 0.176.